The number of nitrogens with zero attached hydrogens (tertiary/aromatic N) is 4. The zero-order valence-electron chi connectivity index (χ0n) is 28.1. The van der Waals surface area contributed by atoms with Crippen LogP contribution < -0.4 is 10.3 Å². The van der Waals surface area contributed by atoms with Crippen molar-refractivity contribution in [3.05, 3.63) is 88.0 Å². The quantitative estimate of drug-likeness (QED) is 0.289. The van der Waals surface area contributed by atoms with E-state index in [1.165, 1.54) is 19.2 Å². The molecule has 3 aromatic rings. The maximum Gasteiger partial charge on any atom is 0.288 e. The molecule has 5 rings (SSSR count). The van der Waals surface area contributed by atoms with Crippen molar-refractivity contribution >= 4 is 15.9 Å². The Bertz CT molecular complexity index is 1740. The van der Waals surface area contributed by atoms with Gasteiger partial charge in [-0.15, -0.1) is 0 Å². The lowest BCUT2D eigenvalue weighted by atomic mass is 9.92. The maximum absolute atomic E-state index is 14.0. The van der Waals surface area contributed by atoms with E-state index < -0.39 is 22.2 Å². The highest BCUT2D eigenvalue weighted by atomic mass is 32.2. The smallest absolute Gasteiger partial charge is 0.288 e. The number of amides is 1. The van der Waals surface area contributed by atoms with Crippen molar-refractivity contribution in [2.75, 3.05) is 40.5 Å². The summed E-state index contributed by atoms with van der Waals surface area (Å²) >= 11 is 0. The third-order valence-electron chi connectivity index (χ3n) is 9.37. The molecule has 0 radical (unpaired) electrons. The number of sulfonamides is 1. The molecule has 0 spiro atoms. The zero-order chi connectivity index (χ0) is 34.4. The number of benzene rings is 2. The molecular weight excluding hydrogens is 636 g/mol. The van der Waals surface area contributed by atoms with Gasteiger partial charge >= 0.3 is 0 Å². The van der Waals surface area contributed by atoms with Gasteiger partial charge in [-0.05, 0) is 62.2 Å². The Balaban J connectivity index is 1.40. The molecule has 1 amide bonds. The molecule has 12 nitrogen and oxygen atoms in total. The van der Waals surface area contributed by atoms with Crippen molar-refractivity contribution in [2.45, 2.75) is 68.6 Å². The van der Waals surface area contributed by atoms with Gasteiger partial charge in [0, 0.05) is 56.8 Å². The second kappa shape index (κ2) is 15.5. The van der Waals surface area contributed by atoms with Gasteiger partial charge in [-0.1, -0.05) is 37.5 Å². The van der Waals surface area contributed by atoms with E-state index >= 15 is 0 Å². The van der Waals surface area contributed by atoms with Crippen LogP contribution in [0.25, 0.3) is 5.69 Å². The minimum atomic E-state index is -3.95. The number of para-hydroxylation sites is 1. The van der Waals surface area contributed by atoms with Gasteiger partial charge in [0.25, 0.3) is 11.5 Å². The highest BCUT2D eigenvalue weighted by Gasteiger charge is 2.35. The summed E-state index contributed by atoms with van der Waals surface area (Å²) in [6.45, 7) is 1.22. The van der Waals surface area contributed by atoms with Crippen LogP contribution in [0.4, 0.5) is 0 Å². The number of carbonyl (C=O) groups is 1. The number of hydrogen-bond donors (Lipinski definition) is 1. The van der Waals surface area contributed by atoms with Crippen LogP contribution in [0.5, 0.6) is 5.75 Å². The number of aliphatic hydroxyl groups excluding tert-OH is 1. The normalized spacial score (nSPS) is 18.8. The minimum Gasteiger partial charge on any atom is -0.497 e. The predicted octanol–water partition coefficient (Wildman–Crippen LogP) is 3.70. The molecule has 1 fully saturated rings. The third kappa shape index (κ3) is 7.54. The molecule has 2 aliphatic rings. The topological polar surface area (TPSA) is 133 Å². The lowest BCUT2D eigenvalue weighted by molar-refractivity contribution is -0.153. The van der Waals surface area contributed by atoms with Gasteiger partial charge in [-0.3, -0.25) is 14.3 Å². The highest BCUT2D eigenvalue weighted by molar-refractivity contribution is 7.89. The number of hydrogen-bond acceptors (Lipinski definition) is 8. The van der Waals surface area contributed by atoms with E-state index in [4.69, 9.17) is 14.2 Å². The molecule has 2 heterocycles. The van der Waals surface area contributed by atoms with Crippen LogP contribution in [0.1, 0.15) is 55.7 Å². The molecule has 48 heavy (non-hydrogen) atoms. The fourth-order valence-corrected chi connectivity index (χ4v) is 8.00. The Hall–Kier alpha value is -3.91. The van der Waals surface area contributed by atoms with Crippen molar-refractivity contribution in [1.82, 2.24) is 18.6 Å². The summed E-state index contributed by atoms with van der Waals surface area (Å²) in [4.78, 5) is 29.6. The molecule has 1 aliphatic carbocycles. The average Bonchev–Trinajstić information content (AvgIpc) is 3.34. The van der Waals surface area contributed by atoms with Crippen molar-refractivity contribution in [3.63, 3.8) is 0 Å². The number of likely N-dealkylation sites (N-methyl/N-ethyl adjacent to an activating group) is 1. The number of rotatable bonds is 13. The van der Waals surface area contributed by atoms with Crippen LogP contribution in [0, 0.1) is 6.92 Å². The van der Waals surface area contributed by atoms with Crippen LogP contribution >= 0.6 is 0 Å². The number of methoxy groups -OCH3 is 1. The van der Waals surface area contributed by atoms with Gasteiger partial charge in [0.2, 0.25) is 16.3 Å². The van der Waals surface area contributed by atoms with Gasteiger partial charge < -0.3 is 24.2 Å². The SMILES string of the molecule is COc1ccc(S(=O)(=O)N(CCO)CCO[C@@H]2C[C@H](c3c(C)n(C)n(-c4ccccc4)c3=O)C=C(C(=O)N(C)C3CCCCC3)O2)cc1. The first-order valence-electron chi connectivity index (χ1n) is 16.4. The monoisotopic (exact) mass is 682 g/mol. The molecule has 0 saturated heterocycles. The summed E-state index contributed by atoms with van der Waals surface area (Å²) in [5, 5.41) is 9.68. The van der Waals surface area contributed by atoms with E-state index in [1.807, 2.05) is 44.3 Å². The highest BCUT2D eigenvalue weighted by Crippen LogP contribution is 2.34. The lowest BCUT2D eigenvalue weighted by Gasteiger charge is -2.34. The largest absolute Gasteiger partial charge is 0.497 e. The van der Waals surface area contributed by atoms with Crippen LogP contribution in [0.3, 0.4) is 0 Å². The molecule has 1 N–H and O–H groups in total. The average molecular weight is 683 g/mol. The summed E-state index contributed by atoms with van der Waals surface area (Å²) in [5.41, 5.74) is 1.81. The van der Waals surface area contributed by atoms with Gasteiger partial charge in [-0.25, -0.2) is 13.1 Å². The minimum absolute atomic E-state index is 0.0570. The van der Waals surface area contributed by atoms with E-state index in [1.54, 1.807) is 39.5 Å². The molecule has 2 atom stereocenters. The predicted molar refractivity (Wildman–Crippen MR) is 180 cm³/mol. The molecule has 0 unspecified atom stereocenters. The first-order chi connectivity index (χ1) is 23.1. The molecular formula is C35H46N4O8S. The summed E-state index contributed by atoms with van der Waals surface area (Å²) in [7, 11) is 1.15. The van der Waals surface area contributed by atoms with Crippen LogP contribution in [0.2, 0.25) is 0 Å². The Kier molecular flexibility index (Phi) is 11.5. The standard InChI is InChI=1S/C35H46N4O8S/c1-25-33(35(42)39(37(25)3)28-13-9-6-10-14-28)26-23-31(34(41)36(2)27-11-7-5-8-12-27)47-32(24-26)46-22-20-38(19-21-40)48(43,44)30-17-15-29(45-4)16-18-30/h6,9-10,13-18,23,26-27,32,40H,5,7-8,11-12,19-22,24H2,1-4H3/t26-,32+/m1/s1. The molecule has 0 bridgehead atoms. The van der Waals surface area contributed by atoms with Crippen LogP contribution in [-0.4, -0.2) is 90.8 Å². The van der Waals surface area contributed by atoms with E-state index in [9.17, 15) is 23.1 Å². The number of carbonyl (C=O) groups excluding carboxylic acids is 1. The molecule has 1 aliphatic heterocycles. The zero-order valence-corrected chi connectivity index (χ0v) is 28.9. The lowest BCUT2D eigenvalue weighted by Crippen LogP contribution is -2.42. The number of ether oxygens (including phenoxy) is 3. The van der Waals surface area contributed by atoms with E-state index in [2.05, 4.69) is 0 Å². The van der Waals surface area contributed by atoms with Gasteiger partial charge in [0.15, 0.2) is 5.76 Å². The summed E-state index contributed by atoms with van der Waals surface area (Å²) in [6.07, 6.45) is 6.14. The van der Waals surface area contributed by atoms with Crippen molar-refractivity contribution in [3.8, 4) is 11.4 Å². The van der Waals surface area contributed by atoms with Gasteiger partial charge in [0.05, 0.1) is 30.9 Å². The van der Waals surface area contributed by atoms with Crippen LogP contribution in [-0.2, 0) is 31.3 Å². The number of allylic oxidation sites excluding steroid dienone is 1. The van der Waals surface area contributed by atoms with Gasteiger partial charge in [0.1, 0.15) is 5.75 Å². The fourth-order valence-electron chi connectivity index (χ4n) is 6.58. The second-order valence-corrected chi connectivity index (χ2v) is 14.2. The Morgan fingerprint density at radius 3 is 2.38 bits per heavy atom. The Morgan fingerprint density at radius 2 is 1.73 bits per heavy atom. The fraction of sp³-hybridized carbons (Fsp3) is 0.486. The first kappa shape index (κ1) is 35.4. The molecule has 2 aromatic carbocycles. The summed E-state index contributed by atoms with van der Waals surface area (Å²) < 4.78 is 48.8. The van der Waals surface area contributed by atoms with Crippen molar-refractivity contribution in [2.24, 2.45) is 7.05 Å². The van der Waals surface area contributed by atoms with Crippen LogP contribution in [0.15, 0.2) is 76.1 Å². The van der Waals surface area contributed by atoms with Crippen molar-refractivity contribution < 1.29 is 32.5 Å². The number of aliphatic hydroxyl groups is 1. The Labute approximate surface area is 282 Å². The first-order valence-corrected chi connectivity index (χ1v) is 17.9. The summed E-state index contributed by atoms with van der Waals surface area (Å²) in [6, 6.07) is 15.5. The third-order valence-corrected chi connectivity index (χ3v) is 11.3. The van der Waals surface area contributed by atoms with Crippen molar-refractivity contribution in [1.29, 1.82) is 0 Å². The van der Waals surface area contributed by atoms with E-state index in [0.29, 0.717) is 11.3 Å². The van der Waals surface area contributed by atoms with E-state index in [-0.39, 0.29) is 60.9 Å². The summed E-state index contributed by atoms with van der Waals surface area (Å²) in [5.74, 6) is -0.146. The molecule has 1 saturated carbocycles. The molecule has 13 heteroatoms. The Morgan fingerprint density at radius 1 is 1.04 bits per heavy atom. The van der Waals surface area contributed by atoms with Gasteiger partial charge in [-0.2, -0.15) is 4.31 Å². The molecule has 1 aromatic heterocycles. The second-order valence-electron chi connectivity index (χ2n) is 12.3. The maximum atomic E-state index is 14.0. The number of aromatic nitrogens is 2. The molecule has 260 valence electrons. The van der Waals surface area contributed by atoms with E-state index in [0.717, 1.165) is 47.8 Å².